The van der Waals surface area contributed by atoms with E-state index in [9.17, 15) is 19.5 Å². The van der Waals surface area contributed by atoms with Gasteiger partial charge in [-0.05, 0) is 12.8 Å². The van der Waals surface area contributed by atoms with E-state index in [0.29, 0.717) is 12.8 Å². The van der Waals surface area contributed by atoms with Gasteiger partial charge in [-0.15, -0.1) is 0 Å². The summed E-state index contributed by atoms with van der Waals surface area (Å²) in [4.78, 5) is 34.6. The molecule has 1 rings (SSSR count). The molecule has 1 aliphatic heterocycles. The van der Waals surface area contributed by atoms with Crippen molar-refractivity contribution in [2.45, 2.75) is 38.3 Å². The summed E-state index contributed by atoms with van der Waals surface area (Å²) in [6.45, 7) is 2.16. The smallest absolute Gasteiger partial charge is 0.409 e. The van der Waals surface area contributed by atoms with Crippen molar-refractivity contribution in [3.63, 3.8) is 0 Å². The van der Waals surface area contributed by atoms with E-state index in [0.717, 1.165) is 11.3 Å². The van der Waals surface area contributed by atoms with Crippen LogP contribution in [0, 0.1) is 0 Å². The zero-order valence-electron chi connectivity index (χ0n) is 10.7. The Morgan fingerprint density at radius 2 is 2.05 bits per heavy atom. The van der Waals surface area contributed by atoms with Crippen LogP contribution in [0.2, 0.25) is 0 Å². The Morgan fingerprint density at radius 1 is 1.37 bits per heavy atom. The lowest BCUT2D eigenvalue weighted by Crippen LogP contribution is -2.63. The normalized spacial score (nSPS) is 22.1. The van der Waals surface area contributed by atoms with Crippen LogP contribution < -0.4 is 5.32 Å². The fraction of sp³-hybridized carbons (Fsp3) is 0.727. The summed E-state index contributed by atoms with van der Waals surface area (Å²) in [6.07, 6.45) is -0.405. The van der Waals surface area contributed by atoms with Crippen LogP contribution in [-0.4, -0.2) is 52.1 Å². The molecule has 1 atom stereocenters. The van der Waals surface area contributed by atoms with Gasteiger partial charge in [-0.25, -0.2) is 14.4 Å². The van der Waals surface area contributed by atoms with Crippen molar-refractivity contribution in [1.29, 1.82) is 0 Å². The zero-order valence-corrected chi connectivity index (χ0v) is 10.7. The Morgan fingerprint density at radius 3 is 2.58 bits per heavy atom. The predicted octanol–water partition coefficient (Wildman–Crippen LogP) is 1.07. The van der Waals surface area contributed by atoms with Crippen LogP contribution in [0.25, 0.3) is 0 Å². The van der Waals surface area contributed by atoms with Gasteiger partial charge in [0, 0.05) is 13.0 Å². The Hall–Kier alpha value is -1.99. The Kier molecular flexibility index (Phi) is 4.96. The second-order valence-electron chi connectivity index (χ2n) is 4.32. The number of alkyl carbamates (subject to hydrolysis) is 1. The van der Waals surface area contributed by atoms with Gasteiger partial charge in [-0.3, -0.25) is 10.2 Å². The van der Waals surface area contributed by atoms with E-state index in [1.54, 1.807) is 0 Å². The maximum Gasteiger partial charge on any atom is 0.409 e. The van der Waals surface area contributed by atoms with Gasteiger partial charge in [0.25, 0.3) is 0 Å². The third kappa shape index (κ3) is 3.27. The van der Waals surface area contributed by atoms with Gasteiger partial charge < -0.3 is 14.9 Å². The molecule has 0 spiro atoms. The molecule has 1 aliphatic rings. The van der Waals surface area contributed by atoms with Crippen LogP contribution in [-0.2, 0) is 9.53 Å². The lowest BCUT2D eigenvalue weighted by molar-refractivity contribution is -0.150. The first-order valence-electron chi connectivity index (χ1n) is 6.13. The van der Waals surface area contributed by atoms with Gasteiger partial charge in [-0.2, -0.15) is 0 Å². The number of carbonyl (C=O) groups is 3. The number of aliphatic carboxylic acids is 1. The average Bonchev–Trinajstić information content (AvgIpc) is 2.74. The summed E-state index contributed by atoms with van der Waals surface area (Å²) in [6, 6.07) is 0. The highest BCUT2D eigenvalue weighted by molar-refractivity contribution is 5.88. The first-order chi connectivity index (χ1) is 8.94. The van der Waals surface area contributed by atoms with Crippen LogP contribution >= 0.6 is 0 Å². The van der Waals surface area contributed by atoms with Crippen molar-refractivity contribution in [3.8, 4) is 0 Å². The summed E-state index contributed by atoms with van der Waals surface area (Å²) in [5, 5.41) is 20.4. The molecular weight excluding hydrogens is 256 g/mol. The van der Waals surface area contributed by atoms with Crippen LogP contribution in [0.4, 0.5) is 9.59 Å². The lowest BCUT2D eigenvalue weighted by atomic mass is 10.1. The average molecular weight is 274 g/mol. The summed E-state index contributed by atoms with van der Waals surface area (Å²) in [5.41, 5.74) is -1.92. The Bertz CT molecular complexity index is 372. The van der Waals surface area contributed by atoms with E-state index < -0.39 is 23.8 Å². The number of rotatable bonds is 5. The van der Waals surface area contributed by atoms with Crippen LogP contribution in [0.3, 0.4) is 0 Å². The van der Waals surface area contributed by atoms with Crippen LogP contribution in [0.15, 0.2) is 0 Å². The Balaban J connectivity index is 2.75. The monoisotopic (exact) mass is 274 g/mol. The molecule has 108 valence electrons. The second kappa shape index (κ2) is 6.26. The first-order valence-corrected chi connectivity index (χ1v) is 6.13. The molecule has 0 bridgehead atoms. The summed E-state index contributed by atoms with van der Waals surface area (Å²) in [7, 11) is 0. The number of nitrogens with zero attached hydrogens (tertiary/aromatic N) is 1. The fourth-order valence-corrected chi connectivity index (χ4v) is 2.00. The van der Waals surface area contributed by atoms with E-state index in [1.807, 2.05) is 6.92 Å². The highest BCUT2D eigenvalue weighted by Crippen LogP contribution is 2.27. The maximum atomic E-state index is 11.5. The molecule has 8 nitrogen and oxygen atoms in total. The molecule has 1 saturated heterocycles. The van der Waals surface area contributed by atoms with E-state index in [2.05, 4.69) is 5.32 Å². The van der Waals surface area contributed by atoms with Crippen molar-refractivity contribution in [2.75, 3.05) is 13.2 Å². The van der Waals surface area contributed by atoms with Crippen molar-refractivity contribution < 1.29 is 29.3 Å². The van der Waals surface area contributed by atoms with E-state index in [4.69, 9.17) is 9.84 Å². The number of unbranched alkanes of at least 4 members (excludes halogenated alkanes) is 1. The van der Waals surface area contributed by atoms with Gasteiger partial charge >= 0.3 is 18.2 Å². The SMILES string of the molecule is CCCCOC(=O)NC1(C(=O)O)CCCN1C(=O)O. The van der Waals surface area contributed by atoms with Crippen LogP contribution in [0.5, 0.6) is 0 Å². The molecule has 1 fully saturated rings. The number of carboxylic acid groups (broad SMARTS) is 2. The third-order valence-electron chi connectivity index (χ3n) is 3.01. The molecule has 8 heteroatoms. The summed E-state index contributed by atoms with van der Waals surface area (Å²) >= 11 is 0. The van der Waals surface area contributed by atoms with E-state index >= 15 is 0 Å². The molecule has 2 amide bonds. The van der Waals surface area contributed by atoms with Gasteiger partial charge in [0.2, 0.25) is 5.66 Å². The largest absolute Gasteiger partial charge is 0.478 e. The van der Waals surface area contributed by atoms with Gasteiger partial charge in [0.1, 0.15) is 0 Å². The number of carboxylic acids is 1. The van der Waals surface area contributed by atoms with Crippen LogP contribution in [0.1, 0.15) is 32.6 Å². The molecule has 1 heterocycles. The topological polar surface area (TPSA) is 116 Å². The first kappa shape index (κ1) is 15.1. The fourth-order valence-electron chi connectivity index (χ4n) is 2.00. The molecule has 19 heavy (non-hydrogen) atoms. The van der Waals surface area contributed by atoms with E-state index in [-0.39, 0.29) is 19.6 Å². The highest BCUT2D eigenvalue weighted by atomic mass is 16.5. The van der Waals surface area contributed by atoms with Crippen molar-refractivity contribution in [3.05, 3.63) is 0 Å². The number of nitrogens with one attached hydrogen (secondary N) is 1. The van der Waals surface area contributed by atoms with Crippen molar-refractivity contribution in [2.24, 2.45) is 0 Å². The number of hydrogen-bond acceptors (Lipinski definition) is 4. The summed E-state index contributed by atoms with van der Waals surface area (Å²) in [5.74, 6) is -1.40. The molecular formula is C11H18N2O6. The minimum absolute atomic E-state index is 0.0253. The minimum Gasteiger partial charge on any atom is -0.478 e. The molecule has 0 radical (unpaired) electrons. The third-order valence-corrected chi connectivity index (χ3v) is 3.01. The predicted molar refractivity (Wildman–Crippen MR) is 63.7 cm³/mol. The number of hydrogen-bond donors (Lipinski definition) is 3. The summed E-state index contributed by atoms with van der Waals surface area (Å²) < 4.78 is 4.81. The molecule has 1 unspecified atom stereocenters. The highest BCUT2D eigenvalue weighted by Gasteiger charge is 2.52. The molecule has 0 aliphatic carbocycles. The molecule has 0 aromatic carbocycles. The Labute approximate surface area is 110 Å². The number of amides is 2. The standard InChI is InChI=1S/C11H18N2O6/c1-2-3-7-19-9(16)12-11(8(14)15)5-4-6-13(11)10(17)18/h2-7H2,1H3,(H,12,16)(H,14,15)(H,17,18). The number of carbonyl (C=O) groups excluding carboxylic acids is 1. The lowest BCUT2D eigenvalue weighted by Gasteiger charge is -2.32. The minimum atomic E-state index is -1.92. The number of likely N-dealkylation sites (tertiary alicyclic amines) is 1. The van der Waals surface area contributed by atoms with Crippen molar-refractivity contribution in [1.82, 2.24) is 10.2 Å². The van der Waals surface area contributed by atoms with Gasteiger partial charge in [0.15, 0.2) is 0 Å². The molecule has 3 N–H and O–H groups in total. The molecule has 0 aromatic rings. The quantitative estimate of drug-likeness (QED) is 0.646. The number of ether oxygens (including phenoxy) is 1. The second-order valence-corrected chi connectivity index (χ2v) is 4.32. The molecule has 0 saturated carbocycles. The zero-order chi connectivity index (χ0) is 14.5. The molecule has 0 aromatic heterocycles. The maximum absolute atomic E-state index is 11.5. The van der Waals surface area contributed by atoms with Gasteiger partial charge in [-0.1, -0.05) is 13.3 Å². The van der Waals surface area contributed by atoms with Gasteiger partial charge in [0.05, 0.1) is 6.61 Å². The van der Waals surface area contributed by atoms with E-state index in [1.165, 1.54) is 0 Å². The van der Waals surface area contributed by atoms with Crippen molar-refractivity contribution >= 4 is 18.2 Å².